The van der Waals surface area contributed by atoms with Gasteiger partial charge in [0.15, 0.2) is 0 Å². The molecule has 0 amide bonds. The zero-order valence-corrected chi connectivity index (χ0v) is 23.1. The van der Waals surface area contributed by atoms with Gasteiger partial charge in [-0.25, -0.2) is 0 Å². The van der Waals surface area contributed by atoms with E-state index >= 15 is 0 Å². The van der Waals surface area contributed by atoms with Crippen LogP contribution in [0.25, 0.3) is 32.6 Å². The van der Waals surface area contributed by atoms with Gasteiger partial charge in [-0.15, -0.1) is 0 Å². The van der Waals surface area contributed by atoms with Gasteiger partial charge in [-0.2, -0.15) is 0 Å². The molecule has 0 N–H and O–H groups in total. The molecule has 0 saturated carbocycles. The molecule has 6 heteroatoms. The number of para-hydroxylation sites is 2. The molecule has 0 bridgehead atoms. The van der Waals surface area contributed by atoms with Crippen LogP contribution in [0.2, 0.25) is 0 Å². The summed E-state index contributed by atoms with van der Waals surface area (Å²) in [6.07, 6.45) is 2.04. The van der Waals surface area contributed by atoms with E-state index in [-0.39, 0.29) is 14.5 Å². The molecule has 36 heavy (non-hydrogen) atoms. The molecule has 170 valence electrons. The molecule has 7 rings (SSSR count). The fraction of sp³-hybridized carbons (Fsp3) is 0. The minimum absolute atomic E-state index is 0.0794. The molecular formula is C30H17N3SSe2. The van der Waals surface area contributed by atoms with Gasteiger partial charge in [0.05, 0.1) is 0 Å². The number of hydrogen-bond donors (Lipinski definition) is 0. The molecule has 0 spiro atoms. The third kappa shape index (κ3) is 3.65. The number of rotatable bonds is 3. The predicted molar refractivity (Wildman–Crippen MR) is 154 cm³/mol. The molecule has 3 heterocycles. The molecule has 0 fully saturated rings. The van der Waals surface area contributed by atoms with E-state index in [1.54, 1.807) is 11.3 Å². The third-order valence-electron chi connectivity index (χ3n) is 6.19. The summed E-state index contributed by atoms with van der Waals surface area (Å²) in [6, 6.07) is 36.8. The van der Waals surface area contributed by atoms with Crippen LogP contribution >= 0.6 is 11.3 Å². The SMILES string of the molecule is N#C/C(=C\c1ccc(N2c3ccccc3[Se]c3ccccc32)[se]1)c1nc2c(ccc3ccccc32)s1. The summed E-state index contributed by atoms with van der Waals surface area (Å²) in [5.41, 5.74) is 4.16. The first kappa shape index (κ1) is 21.8. The quantitative estimate of drug-likeness (QED) is 0.182. The Morgan fingerprint density at radius 1 is 0.833 bits per heavy atom. The summed E-state index contributed by atoms with van der Waals surface area (Å²) in [5, 5.41) is 13.1. The number of nitriles is 1. The van der Waals surface area contributed by atoms with E-state index in [0.717, 1.165) is 20.6 Å². The first-order chi connectivity index (χ1) is 17.8. The topological polar surface area (TPSA) is 39.9 Å². The second-order valence-electron chi connectivity index (χ2n) is 8.37. The van der Waals surface area contributed by atoms with Gasteiger partial charge >= 0.3 is 226 Å². The molecule has 0 radical (unpaired) electrons. The zero-order chi connectivity index (χ0) is 24.1. The number of hydrogen-bond acceptors (Lipinski definition) is 4. The number of benzene rings is 4. The van der Waals surface area contributed by atoms with Crippen molar-refractivity contribution in [3.63, 3.8) is 0 Å². The van der Waals surface area contributed by atoms with Crippen LogP contribution in [0.15, 0.2) is 97.1 Å². The van der Waals surface area contributed by atoms with Crippen LogP contribution in [-0.4, -0.2) is 34.4 Å². The Labute approximate surface area is 224 Å². The molecule has 1 aliphatic heterocycles. The van der Waals surface area contributed by atoms with Crippen LogP contribution in [0.3, 0.4) is 0 Å². The molecule has 2 aromatic heterocycles. The van der Waals surface area contributed by atoms with Crippen molar-refractivity contribution in [3.8, 4) is 6.07 Å². The monoisotopic (exact) mass is 611 g/mol. The molecular weight excluding hydrogens is 592 g/mol. The van der Waals surface area contributed by atoms with Crippen molar-refractivity contribution >= 4 is 98.3 Å². The maximum atomic E-state index is 10.1. The molecule has 4 aromatic carbocycles. The summed E-state index contributed by atoms with van der Waals surface area (Å²) >= 11 is 1.97. The van der Waals surface area contributed by atoms with Crippen LogP contribution in [0, 0.1) is 11.3 Å². The van der Waals surface area contributed by atoms with Crippen LogP contribution in [0.4, 0.5) is 15.9 Å². The summed E-state index contributed by atoms with van der Waals surface area (Å²) in [4.78, 5) is 7.32. The summed E-state index contributed by atoms with van der Waals surface area (Å²) in [7, 11) is 0. The van der Waals surface area contributed by atoms with Crippen molar-refractivity contribution < 1.29 is 0 Å². The Bertz CT molecular complexity index is 1810. The Morgan fingerprint density at radius 2 is 1.56 bits per heavy atom. The van der Waals surface area contributed by atoms with Crippen molar-refractivity contribution in [2.75, 3.05) is 4.90 Å². The number of thiazole rings is 1. The number of fused-ring (bicyclic) bond motifs is 5. The van der Waals surface area contributed by atoms with Crippen molar-refractivity contribution in [3.05, 3.63) is 107 Å². The van der Waals surface area contributed by atoms with Crippen LogP contribution < -0.4 is 13.8 Å². The van der Waals surface area contributed by atoms with E-state index in [2.05, 4.69) is 95.9 Å². The van der Waals surface area contributed by atoms with Gasteiger partial charge in [0.2, 0.25) is 0 Å². The second-order valence-corrected chi connectivity index (χ2v) is 14.0. The molecule has 3 nitrogen and oxygen atoms in total. The molecule has 0 saturated heterocycles. The van der Waals surface area contributed by atoms with Gasteiger partial charge in [-0.1, -0.05) is 0 Å². The molecule has 1 aliphatic rings. The summed E-state index contributed by atoms with van der Waals surface area (Å²) < 4.78 is 6.39. The van der Waals surface area contributed by atoms with Crippen molar-refractivity contribution in [2.45, 2.75) is 0 Å². The normalized spacial score (nSPS) is 13.0. The van der Waals surface area contributed by atoms with E-state index in [9.17, 15) is 5.26 Å². The van der Waals surface area contributed by atoms with Crippen molar-refractivity contribution in [1.82, 2.24) is 4.98 Å². The zero-order valence-electron chi connectivity index (χ0n) is 18.9. The van der Waals surface area contributed by atoms with Crippen molar-refractivity contribution in [2.24, 2.45) is 0 Å². The minimum atomic E-state index is 0.0794. The molecule has 6 aromatic rings. The van der Waals surface area contributed by atoms with Crippen LogP contribution in [0.1, 0.15) is 9.44 Å². The number of allylic oxidation sites excluding steroid dienone is 1. The van der Waals surface area contributed by atoms with Gasteiger partial charge in [-0.3, -0.25) is 0 Å². The molecule has 0 unspecified atom stereocenters. The van der Waals surface area contributed by atoms with E-state index < -0.39 is 0 Å². The Hall–Kier alpha value is -3.42. The first-order valence-corrected chi connectivity index (χ1v) is 15.7. The number of anilines is 3. The van der Waals surface area contributed by atoms with E-state index in [1.165, 1.54) is 34.7 Å². The average molecular weight is 609 g/mol. The maximum absolute atomic E-state index is 10.1. The molecule has 0 aliphatic carbocycles. The van der Waals surface area contributed by atoms with Gasteiger partial charge < -0.3 is 0 Å². The summed E-state index contributed by atoms with van der Waals surface area (Å²) in [5.74, 6) is 0. The Morgan fingerprint density at radius 3 is 2.33 bits per heavy atom. The first-order valence-electron chi connectivity index (χ1n) is 11.4. The number of aromatic nitrogens is 1. The fourth-order valence-corrected chi connectivity index (χ4v) is 9.76. The number of nitrogens with zero attached hydrogens (tertiary/aromatic N) is 3. The summed E-state index contributed by atoms with van der Waals surface area (Å²) in [6.45, 7) is 0. The van der Waals surface area contributed by atoms with E-state index in [4.69, 9.17) is 4.98 Å². The van der Waals surface area contributed by atoms with Gasteiger partial charge in [0.1, 0.15) is 0 Å². The predicted octanol–water partition coefficient (Wildman–Crippen LogP) is 6.01. The Kier molecular flexibility index (Phi) is 5.40. The van der Waals surface area contributed by atoms with Crippen LogP contribution in [0.5, 0.6) is 0 Å². The average Bonchev–Trinajstić information content (AvgIpc) is 3.57. The fourth-order valence-electron chi connectivity index (χ4n) is 4.54. The Balaban J connectivity index is 1.30. The van der Waals surface area contributed by atoms with E-state index in [1.807, 2.05) is 18.2 Å². The van der Waals surface area contributed by atoms with E-state index in [0.29, 0.717) is 20.5 Å². The van der Waals surface area contributed by atoms with Gasteiger partial charge in [0, 0.05) is 0 Å². The third-order valence-corrected chi connectivity index (χ3v) is 11.7. The van der Waals surface area contributed by atoms with Crippen LogP contribution in [-0.2, 0) is 0 Å². The standard InChI is InChI=1S/C30H17N3SSe2/c31-18-20(30-32-29-22-8-2-1-7-19(22)13-15-25(29)34-30)17-21-14-16-28(35-21)33-23-9-3-5-11-26(23)36-27-12-6-4-10-24(27)33/h1-17H/b20-17+. The second kappa shape index (κ2) is 8.91. The van der Waals surface area contributed by atoms with Gasteiger partial charge in [-0.05, 0) is 0 Å². The van der Waals surface area contributed by atoms with Gasteiger partial charge in [0.25, 0.3) is 0 Å². The molecule has 0 atom stereocenters. The van der Waals surface area contributed by atoms with Crippen molar-refractivity contribution in [1.29, 1.82) is 5.26 Å².